The molecule has 2 atom stereocenters. The number of carbonyl (C=O) groups is 1. The molecular weight excluding hydrogens is 234 g/mol. The van der Waals surface area contributed by atoms with Crippen LogP contribution in [0.5, 0.6) is 0 Å². The molecule has 0 radical (unpaired) electrons. The van der Waals surface area contributed by atoms with Gasteiger partial charge < -0.3 is 11.1 Å². The highest BCUT2D eigenvalue weighted by Crippen LogP contribution is 2.26. The molecule has 0 unspecified atom stereocenters. The van der Waals surface area contributed by atoms with Crippen LogP contribution >= 0.6 is 11.3 Å². The van der Waals surface area contributed by atoms with Crippen molar-refractivity contribution in [3.05, 3.63) is 16.6 Å². The lowest BCUT2D eigenvalue weighted by Gasteiger charge is -2.14. The maximum atomic E-state index is 11.7. The molecule has 0 spiro atoms. The summed E-state index contributed by atoms with van der Waals surface area (Å²) in [7, 11) is 0. The summed E-state index contributed by atoms with van der Waals surface area (Å²) in [5, 5.41) is 4.95. The quantitative estimate of drug-likeness (QED) is 0.831. The third kappa shape index (κ3) is 3.78. The Balaban J connectivity index is 1.64. The monoisotopic (exact) mass is 253 g/mol. The minimum absolute atomic E-state index is 0.127. The first-order valence-corrected chi connectivity index (χ1v) is 7.09. The van der Waals surface area contributed by atoms with Crippen molar-refractivity contribution >= 4 is 17.2 Å². The Morgan fingerprint density at radius 3 is 3.12 bits per heavy atom. The second-order valence-corrected chi connectivity index (χ2v) is 5.36. The molecule has 0 aromatic carbocycles. The molecule has 3 N–H and O–H groups in total. The summed E-state index contributed by atoms with van der Waals surface area (Å²) in [4.78, 5) is 15.9. The molecule has 17 heavy (non-hydrogen) atoms. The number of aromatic nitrogens is 1. The number of nitrogens with two attached hydrogens (primary N) is 1. The van der Waals surface area contributed by atoms with E-state index in [4.69, 9.17) is 5.73 Å². The van der Waals surface area contributed by atoms with Crippen molar-refractivity contribution in [2.75, 3.05) is 6.54 Å². The normalized spacial score (nSPS) is 23.8. The highest BCUT2D eigenvalue weighted by atomic mass is 32.1. The fraction of sp³-hybridized carbons (Fsp3) is 0.667. The van der Waals surface area contributed by atoms with Crippen LogP contribution in [0.25, 0.3) is 0 Å². The first-order valence-electron chi connectivity index (χ1n) is 6.15. The van der Waals surface area contributed by atoms with Crippen molar-refractivity contribution in [2.24, 2.45) is 11.7 Å². The van der Waals surface area contributed by atoms with Gasteiger partial charge in [-0.2, -0.15) is 0 Å². The van der Waals surface area contributed by atoms with Crippen LogP contribution in [-0.2, 0) is 11.2 Å². The van der Waals surface area contributed by atoms with Crippen LogP contribution in [0, 0.1) is 5.92 Å². The van der Waals surface area contributed by atoms with Gasteiger partial charge >= 0.3 is 0 Å². The number of amides is 1. The summed E-state index contributed by atoms with van der Waals surface area (Å²) in [6.07, 6.45) is 4.72. The fourth-order valence-corrected chi connectivity index (χ4v) is 2.91. The van der Waals surface area contributed by atoms with Gasteiger partial charge in [-0.3, -0.25) is 4.79 Å². The minimum Gasteiger partial charge on any atom is -0.356 e. The van der Waals surface area contributed by atoms with E-state index in [1.54, 1.807) is 11.3 Å². The Labute approximate surface area is 106 Å². The summed E-state index contributed by atoms with van der Waals surface area (Å²) in [5.41, 5.74) is 8.81. The van der Waals surface area contributed by atoms with Crippen molar-refractivity contribution in [1.82, 2.24) is 10.3 Å². The van der Waals surface area contributed by atoms with Gasteiger partial charge in [-0.05, 0) is 18.8 Å². The molecule has 1 aliphatic carbocycles. The van der Waals surface area contributed by atoms with Crippen LogP contribution in [0.15, 0.2) is 10.9 Å². The van der Waals surface area contributed by atoms with E-state index in [1.807, 2.05) is 10.9 Å². The zero-order chi connectivity index (χ0) is 12.1. The van der Waals surface area contributed by atoms with Crippen LogP contribution in [0.1, 0.15) is 31.4 Å². The molecule has 1 aromatic rings. The average molecular weight is 253 g/mol. The maximum absolute atomic E-state index is 11.7. The third-order valence-electron chi connectivity index (χ3n) is 3.35. The van der Waals surface area contributed by atoms with E-state index in [9.17, 15) is 4.79 Å². The zero-order valence-corrected chi connectivity index (χ0v) is 10.7. The molecule has 1 aromatic heterocycles. The van der Waals surface area contributed by atoms with E-state index in [1.165, 1.54) is 0 Å². The van der Waals surface area contributed by atoms with Crippen molar-refractivity contribution < 1.29 is 4.79 Å². The molecule has 1 amide bonds. The maximum Gasteiger partial charge on any atom is 0.220 e. The number of hydrogen-bond acceptors (Lipinski definition) is 4. The van der Waals surface area contributed by atoms with Gasteiger partial charge in [-0.1, -0.05) is 6.42 Å². The van der Waals surface area contributed by atoms with Gasteiger partial charge in [0.1, 0.15) is 0 Å². The molecule has 94 valence electrons. The lowest BCUT2D eigenvalue weighted by atomic mass is 10.00. The van der Waals surface area contributed by atoms with E-state index in [0.717, 1.165) is 31.4 Å². The zero-order valence-electron chi connectivity index (χ0n) is 9.89. The van der Waals surface area contributed by atoms with Crippen LogP contribution < -0.4 is 11.1 Å². The van der Waals surface area contributed by atoms with E-state index in [2.05, 4.69) is 10.3 Å². The molecular formula is C12H19N3OS. The summed E-state index contributed by atoms with van der Waals surface area (Å²) in [5.74, 6) is 0.511. The Bertz CT molecular complexity index is 353. The van der Waals surface area contributed by atoms with Gasteiger partial charge in [0.05, 0.1) is 11.2 Å². The standard InChI is InChI=1S/C12H19N3OS/c13-11-3-1-2-9(11)6-12(16)14-5-4-10-7-17-8-15-10/h7-9,11H,1-6,13H2,(H,14,16)/t9-,11+/m0/s1. The number of hydrogen-bond donors (Lipinski definition) is 2. The van der Waals surface area contributed by atoms with Crippen molar-refractivity contribution in [3.63, 3.8) is 0 Å². The smallest absolute Gasteiger partial charge is 0.220 e. The van der Waals surface area contributed by atoms with Gasteiger partial charge in [0.15, 0.2) is 0 Å². The lowest BCUT2D eigenvalue weighted by molar-refractivity contribution is -0.122. The largest absolute Gasteiger partial charge is 0.356 e. The number of nitrogens with one attached hydrogen (secondary N) is 1. The predicted octanol–water partition coefficient (Wildman–Crippen LogP) is 1.32. The van der Waals surface area contributed by atoms with Gasteiger partial charge in [-0.15, -0.1) is 11.3 Å². The van der Waals surface area contributed by atoms with Crippen LogP contribution in [0.2, 0.25) is 0 Å². The molecule has 0 aliphatic heterocycles. The van der Waals surface area contributed by atoms with Gasteiger partial charge in [0.2, 0.25) is 5.91 Å². The number of thiazole rings is 1. The number of nitrogens with zero attached hydrogens (tertiary/aromatic N) is 1. The highest BCUT2D eigenvalue weighted by Gasteiger charge is 2.25. The Morgan fingerprint density at radius 2 is 2.47 bits per heavy atom. The second-order valence-electron chi connectivity index (χ2n) is 4.64. The molecule has 4 nitrogen and oxygen atoms in total. The number of rotatable bonds is 5. The first kappa shape index (κ1) is 12.5. The topological polar surface area (TPSA) is 68.0 Å². The molecule has 2 rings (SSSR count). The minimum atomic E-state index is 0.127. The highest BCUT2D eigenvalue weighted by molar-refractivity contribution is 7.07. The molecule has 1 fully saturated rings. The summed E-state index contributed by atoms with van der Waals surface area (Å²) in [6.45, 7) is 0.671. The number of carbonyl (C=O) groups excluding carboxylic acids is 1. The Morgan fingerprint density at radius 1 is 1.59 bits per heavy atom. The summed E-state index contributed by atoms with van der Waals surface area (Å²) < 4.78 is 0. The Kier molecular flexibility index (Phi) is 4.50. The van der Waals surface area contributed by atoms with Crippen LogP contribution in [-0.4, -0.2) is 23.5 Å². The molecule has 0 saturated heterocycles. The molecule has 5 heteroatoms. The fourth-order valence-electron chi connectivity index (χ4n) is 2.32. The Hall–Kier alpha value is -0.940. The van der Waals surface area contributed by atoms with Gasteiger partial charge in [0, 0.05) is 30.8 Å². The van der Waals surface area contributed by atoms with Gasteiger partial charge in [-0.25, -0.2) is 4.98 Å². The van der Waals surface area contributed by atoms with Crippen molar-refractivity contribution in [1.29, 1.82) is 0 Å². The van der Waals surface area contributed by atoms with Crippen LogP contribution in [0.4, 0.5) is 0 Å². The molecule has 0 bridgehead atoms. The third-order valence-corrected chi connectivity index (χ3v) is 3.99. The van der Waals surface area contributed by atoms with E-state index in [0.29, 0.717) is 18.9 Å². The van der Waals surface area contributed by atoms with E-state index in [-0.39, 0.29) is 11.9 Å². The second kappa shape index (κ2) is 6.12. The average Bonchev–Trinajstić information content (AvgIpc) is 2.92. The van der Waals surface area contributed by atoms with E-state index < -0.39 is 0 Å². The van der Waals surface area contributed by atoms with Crippen molar-refractivity contribution in [3.8, 4) is 0 Å². The van der Waals surface area contributed by atoms with Gasteiger partial charge in [0.25, 0.3) is 0 Å². The van der Waals surface area contributed by atoms with Crippen molar-refractivity contribution in [2.45, 2.75) is 38.1 Å². The molecule has 1 aliphatic rings. The summed E-state index contributed by atoms with van der Waals surface area (Å²) >= 11 is 1.58. The van der Waals surface area contributed by atoms with Crippen LogP contribution in [0.3, 0.4) is 0 Å². The predicted molar refractivity (Wildman–Crippen MR) is 68.8 cm³/mol. The first-order chi connectivity index (χ1) is 8.25. The SMILES string of the molecule is N[C@@H]1CCC[C@H]1CC(=O)NCCc1cscn1. The summed E-state index contributed by atoms with van der Waals surface area (Å²) in [6, 6.07) is 0.222. The lowest BCUT2D eigenvalue weighted by Crippen LogP contribution is -2.32. The molecule has 1 saturated carbocycles. The molecule has 1 heterocycles. The van der Waals surface area contributed by atoms with E-state index >= 15 is 0 Å².